The van der Waals surface area contributed by atoms with Crippen molar-refractivity contribution >= 4 is 33.4 Å². The molecule has 0 radical (unpaired) electrons. The summed E-state index contributed by atoms with van der Waals surface area (Å²) >= 11 is 3.39. The average molecular weight is 344 g/mol. The minimum Gasteiger partial charge on any atom is -0.274 e. The topological polar surface area (TPSA) is 37.4 Å². The number of anilines is 1. The van der Waals surface area contributed by atoms with E-state index in [1.807, 2.05) is 24.3 Å². The number of hydrogen-bond acceptors (Lipinski definition) is 2. The van der Waals surface area contributed by atoms with Crippen LogP contribution >= 0.6 is 15.9 Å². The van der Waals surface area contributed by atoms with Gasteiger partial charge in [0.2, 0.25) is 11.8 Å². The Kier molecular flexibility index (Phi) is 2.12. The fourth-order valence-electron chi connectivity index (χ4n) is 4.92. The van der Waals surface area contributed by atoms with E-state index in [-0.39, 0.29) is 29.1 Å². The second-order valence-corrected chi connectivity index (χ2v) is 7.63. The van der Waals surface area contributed by atoms with E-state index >= 15 is 0 Å². The van der Waals surface area contributed by atoms with Crippen molar-refractivity contribution < 1.29 is 9.59 Å². The highest BCUT2D eigenvalue weighted by Crippen LogP contribution is 2.73. The quantitative estimate of drug-likeness (QED) is 0.580. The molecule has 4 atom stereocenters. The van der Waals surface area contributed by atoms with E-state index in [4.69, 9.17) is 0 Å². The first kappa shape index (κ1) is 12.2. The summed E-state index contributed by atoms with van der Waals surface area (Å²) in [6.45, 7) is 0. The molecule has 0 aromatic heterocycles. The van der Waals surface area contributed by atoms with Crippen LogP contribution in [0.3, 0.4) is 0 Å². The van der Waals surface area contributed by atoms with E-state index in [1.54, 1.807) is 0 Å². The minimum atomic E-state index is -0.112. The minimum absolute atomic E-state index is 0.00967. The van der Waals surface area contributed by atoms with Crippen molar-refractivity contribution in [1.29, 1.82) is 0 Å². The maximum Gasteiger partial charge on any atom is 0.238 e. The molecule has 3 aliphatic carbocycles. The monoisotopic (exact) mass is 343 g/mol. The Balaban J connectivity index is 1.57. The molecule has 106 valence electrons. The van der Waals surface area contributed by atoms with Gasteiger partial charge in [-0.3, -0.25) is 14.5 Å². The summed E-state index contributed by atoms with van der Waals surface area (Å²) in [6.07, 6.45) is 6.77. The van der Waals surface area contributed by atoms with Crippen molar-refractivity contribution in [2.75, 3.05) is 4.90 Å². The number of allylic oxidation sites excluding steroid dienone is 2. The van der Waals surface area contributed by atoms with Crippen LogP contribution in [-0.2, 0) is 9.59 Å². The van der Waals surface area contributed by atoms with E-state index < -0.39 is 0 Å². The smallest absolute Gasteiger partial charge is 0.238 e. The molecule has 3 nitrogen and oxygen atoms in total. The molecule has 5 rings (SSSR count). The Bertz CT molecular complexity index is 670. The zero-order chi connectivity index (χ0) is 14.4. The van der Waals surface area contributed by atoms with E-state index in [0.29, 0.717) is 17.5 Å². The van der Waals surface area contributed by atoms with Gasteiger partial charge in [0, 0.05) is 4.47 Å². The number of amides is 2. The molecule has 2 amide bonds. The van der Waals surface area contributed by atoms with Gasteiger partial charge in [-0.15, -0.1) is 0 Å². The Morgan fingerprint density at radius 2 is 1.48 bits per heavy atom. The average Bonchev–Trinajstić information content (AvgIpc) is 3.07. The van der Waals surface area contributed by atoms with E-state index in [9.17, 15) is 9.59 Å². The highest BCUT2D eigenvalue weighted by Gasteiger charge is 2.73. The van der Waals surface area contributed by atoms with Crippen molar-refractivity contribution in [3.05, 3.63) is 40.9 Å². The van der Waals surface area contributed by atoms with Crippen LogP contribution < -0.4 is 4.90 Å². The molecule has 0 N–H and O–H groups in total. The second kappa shape index (κ2) is 3.67. The van der Waals surface area contributed by atoms with Crippen LogP contribution in [0, 0.1) is 29.1 Å². The second-order valence-electron chi connectivity index (χ2n) is 6.71. The Morgan fingerprint density at radius 3 is 1.95 bits per heavy atom. The largest absolute Gasteiger partial charge is 0.274 e. The zero-order valence-corrected chi connectivity index (χ0v) is 12.9. The molecule has 3 fully saturated rings. The standard InChI is InChI=1S/C17H14BrNO2/c18-9-1-3-10(4-2-9)19-15(20)13-11-5-6-12(14(13)16(19)21)17(11)7-8-17/h1-6,11-14H,7-8H2. The van der Waals surface area contributed by atoms with Gasteiger partial charge >= 0.3 is 0 Å². The van der Waals surface area contributed by atoms with Gasteiger partial charge in [0.15, 0.2) is 0 Å². The Morgan fingerprint density at radius 1 is 0.952 bits per heavy atom. The van der Waals surface area contributed by atoms with Crippen molar-refractivity contribution in [2.24, 2.45) is 29.1 Å². The molecule has 1 spiro atoms. The van der Waals surface area contributed by atoms with Crippen molar-refractivity contribution in [3.63, 3.8) is 0 Å². The van der Waals surface area contributed by atoms with Gasteiger partial charge < -0.3 is 0 Å². The van der Waals surface area contributed by atoms with E-state index in [0.717, 1.165) is 4.47 Å². The van der Waals surface area contributed by atoms with Crippen LogP contribution in [0.1, 0.15) is 12.8 Å². The first-order valence-corrected chi connectivity index (χ1v) is 8.24. The SMILES string of the molecule is O=C1C2C(C(=O)N1c1ccc(Br)cc1)C1C=CC2C12CC2. The number of benzene rings is 1. The third-order valence-electron chi connectivity index (χ3n) is 5.94. The summed E-state index contributed by atoms with van der Waals surface area (Å²) in [5, 5.41) is 0. The lowest BCUT2D eigenvalue weighted by Crippen LogP contribution is -2.34. The maximum atomic E-state index is 12.8. The Hall–Kier alpha value is -1.42. The number of carbonyl (C=O) groups excluding carboxylic acids is 2. The predicted molar refractivity (Wildman–Crippen MR) is 81.4 cm³/mol. The van der Waals surface area contributed by atoms with Gasteiger partial charge in [0.25, 0.3) is 0 Å². The predicted octanol–water partition coefficient (Wildman–Crippen LogP) is 3.15. The molecule has 4 heteroatoms. The van der Waals surface area contributed by atoms with Crippen LogP contribution in [0.2, 0.25) is 0 Å². The van der Waals surface area contributed by atoms with Gasteiger partial charge in [0.1, 0.15) is 0 Å². The lowest BCUT2D eigenvalue weighted by molar-refractivity contribution is -0.123. The molecule has 1 aromatic carbocycles. The maximum absolute atomic E-state index is 12.8. The van der Waals surface area contributed by atoms with Crippen LogP contribution in [0.15, 0.2) is 40.9 Å². The number of fused-ring (bicyclic) bond motifs is 3. The van der Waals surface area contributed by atoms with Crippen LogP contribution in [0.4, 0.5) is 5.69 Å². The third kappa shape index (κ3) is 1.30. The molecule has 2 saturated carbocycles. The summed E-state index contributed by atoms with van der Waals surface area (Å²) in [5.41, 5.74) is 0.971. The lowest BCUT2D eigenvalue weighted by Gasteiger charge is -2.21. The number of rotatable bonds is 1. The highest BCUT2D eigenvalue weighted by molar-refractivity contribution is 9.10. The molecule has 4 unspecified atom stereocenters. The summed E-state index contributed by atoms with van der Waals surface area (Å²) in [5.74, 6) is 0.386. The fraction of sp³-hybridized carbons (Fsp3) is 0.412. The van der Waals surface area contributed by atoms with Crippen LogP contribution in [0.5, 0.6) is 0 Å². The normalized spacial score (nSPS) is 37.7. The first-order chi connectivity index (χ1) is 10.1. The highest BCUT2D eigenvalue weighted by atomic mass is 79.9. The van der Waals surface area contributed by atoms with Crippen molar-refractivity contribution in [1.82, 2.24) is 0 Å². The summed E-state index contributed by atoms with van der Waals surface area (Å²) < 4.78 is 0.948. The molecule has 2 bridgehead atoms. The third-order valence-corrected chi connectivity index (χ3v) is 6.47. The molecular weight excluding hydrogens is 330 g/mol. The molecule has 4 aliphatic rings. The fourth-order valence-corrected chi connectivity index (χ4v) is 5.19. The van der Waals surface area contributed by atoms with Crippen LogP contribution in [-0.4, -0.2) is 11.8 Å². The lowest BCUT2D eigenvalue weighted by atomic mass is 9.85. The van der Waals surface area contributed by atoms with Gasteiger partial charge in [-0.25, -0.2) is 0 Å². The van der Waals surface area contributed by atoms with E-state index in [1.165, 1.54) is 17.7 Å². The number of halogens is 1. The number of carbonyl (C=O) groups is 2. The summed E-state index contributed by atoms with van der Waals surface area (Å²) in [6, 6.07) is 7.42. The van der Waals surface area contributed by atoms with Gasteiger partial charge in [-0.05, 0) is 54.4 Å². The van der Waals surface area contributed by atoms with E-state index in [2.05, 4.69) is 28.1 Å². The van der Waals surface area contributed by atoms with Crippen molar-refractivity contribution in [3.8, 4) is 0 Å². The summed E-state index contributed by atoms with van der Waals surface area (Å²) in [7, 11) is 0. The number of nitrogens with zero attached hydrogens (tertiary/aromatic N) is 1. The van der Waals surface area contributed by atoms with Gasteiger partial charge in [-0.2, -0.15) is 0 Å². The first-order valence-electron chi connectivity index (χ1n) is 7.45. The number of imide groups is 1. The van der Waals surface area contributed by atoms with Gasteiger partial charge in [-0.1, -0.05) is 28.1 Å². The molecule has 1 aromatic rings. The van der Waals surface area contributed by atoms with Crippen molar-refractivity contribution in [2.45, 2.75) is 12.8 Å². The Labute approximate surface area is 131 Å². The zero-order valence-electron chi connectivity index (χ0n) is 11.3. The molecule has 1 saturated heterocycles. The summed E-state index contributed by atoms with van der Waals surface area (Å²) in [4.78, 5) is 27.1. The molecule has 1 heterocycles. The van der Waals surface area contributed by atoms with Crippen LogP contribution in [0.25, 0.3) is 0 Å². The van der Waals surface area contributed by atoms with Gasteiger partial charge in [0.05, 0.1) is 17.5 Å². The number of hydrogen-bond donors (Lipinski definition) is 0. The molecule has 21 heavy (non-hydrogen) atoms. The molecular formula is C17H14BrNO2. The molecule has 1 aliphatic heterocycles.